The van der Waals surface area contributed by atoms with Crippen molar-refractivity contribution in [3.05, 3.63) is 35.6 Å². The molecule has 1 aromatic rings. The summed E-state index contributed by atoms with van der Waals surface area (Å²) in [6.07, 6.45) is 2.32. The fourth-order valence-electron chi connectivity index (χ4n) is 2.88. The number of likely N-dealkylation sites (tertiary alicyclic amines) is 1. The van der Waals surface area contributed by atoms with Crippen LogP contribution < -0.4 is 0 Å². The molecule has 1 heterocycles. The summed E-state index contributed by atoms with van der Waals surface area (Å²) in [6, 6.07) is 6.21. The van der Waals surface area contributed by atoms with Crippen LogP contribution in [0.5, 0.6) is 0 Å². The molecule has 1 fully saturated rings. The van der Waals surface area contributed by atoms with Crippen LogP contribution >= 0.6 is 0 Å². The van der Waals surface area contributed by atoms with Gasteiger partial charge in [0, 0.05) is 5.56 Å². The third-order valence-electron chi connectivity index (χ3n) is 3.83. The molecule has 1 atom stereocenters. The summed E-state index contributed by atoms with van der Waals surface area (Å²) in [6.45, 7) is 3.24. The molecule has 18 heavy (non-hydrogen) atoms. The van der Waals surface area contributed by atoms with Gasteiger partial charge >= 0.3 is 5.97 Å². The molecule has 98 valence electrons. The van der Waals surface area contributed by atoms with Crippen molar-refractivity contribution < 1.29 is 14.3 Å². The van der Waals surface area contributed by atoms with Crippen molar-refractivity contribution in [3.8, 4) is 0 Å². The van der Waals surface area contributed by atoms with Crippen LogP contribution in [0.3, 0.4) is 0 Å². The summed E-state index contributed by atoms with van der Waals surface area (Å²) in [5, 5.41) is 9.65. The first-order valence-corrected chi connectivity index (χ1v) is 6.36. The second-order valence-electron chi connectivity index (χ2n) is 4.69. The predicted octanol–water partition coefficient (Wildman–Crippen LogP) is 2.61. The molecule has 1 saturated heterocycles. The van der Waals surface area contributed by atoms with Crippen molar-refractivity contribution in [2.45, 2.75) is 31.7 Å². The minimum atomic E-state index is -1.22. The average molecular weight is 251 g/mol. The first-order chi connectivity index (χ1) is 8.63. The van der Waals surface area contributed by atoms with E-state index in [1.807, 2.05) is 4.90 Å². The first kappa shape index (κ1) is 13.0. The Morgan fingerprint density at radius 3 is 2.50 bits per heavy atom. The van der Waals surface area contributed by atoms with Gasteiger partial charge in [-0.05, 0) is 38.4 Å². The summed E-state index contributed by atoms with van der Waals surface area (Å²) < 4.78 is 14.0. The number of hydrogen-bond acceptors (Lipinski definition) is 2. The van der Waals surface area contributed by atoms with Crippen LogP contribution in [0.2, 0.25) is 0 Å². The lowest BCUT2D eigenvalue weighted by Crippen LogP contribution is -2.51. The number of carbonyl (C=O) groups is 1. The minimum absolute atomic E-state index is 0.280. The van der Waals surface area contributed by atoms with E-state index >= 15 is 0 Å². The highest BCUT2D eigenvalue weighted by atomic mass is 19.1. The SMILES string of the molecule is CCC(C(=O)O)(c1ccccc1F)N1CCCC1. The molecular weight excluding hydrogens is 233 g/mol. The van der Waals surface area contributed by atoms with E-state index in [1.54, 1.807) is 25.1 Å². The number of rotatable bonds is 4. The fourth-order valence-corrected chi connectivity index (χ4v) is 2.88. The van der Waals surface area contributed by atoms with Gasteiger partial charge < -0.3 is 5.11 Å². The van der Waals surface area contributed by atoms with Crippen LogP contribution in [0.4, 0.5) is 4.39 Å². The Kier molecular flexibility index (Phi) is 3.66. The van der Waals surface area contributed by atoms with Gasteiger partial charge in [-0.2, -0.15) is 0 Å². The number of aliphatic carboxylic acids is 1. The van der Waals surface area contributed by atoms with Gasteiger partial charge in [0.05, 0.1) is 0 Å². The molecule has 0 spiro atoms. The molecule has 4 heteroatoms. The van der Waals surface area contributed by atoms with Crippen LogP contribution in [0.1, 0.15) is 31.7 Å². The van der Waals surface area contributed by atoms with E-state index in [1.165, 1.54) is 6.07 Å². The Bertz CT molecular complexity index is 443. The van der Waals surface area contributed by atoms with Crippen molar-refractivity contribution in [2.75, 3.05) is 13.1 Å². The lowest BCUT2D eigenvalue weighted by atomic mass is 9.85. The van der Waals surface area contributed by atoms with E-state index in [0.717, 1.165) is 12.8 Å². The lowest BCUT2D eigenvalue weighted by Gasteiger charge is -2.38. The second kappa shape index (κ2) is 5.06. The number of carboxylic acids is 1. The van der Waals surface area contributed by atoms with Gasteiger partial charge in [-0.3, -0.25) is 4.90 Å². The number of benzene rings is 1. The van der Waals surface area contributed by atoms with Crippen LogP contribution in [-0.4, -0.2) is 29.1 Å². The van der Waals surface area contributed by atoms with Crippen molar-refractivity contribution in [2.24, 2.45) is 0 Å². The molecule has 0 aliphatic carbocycles. The maximum absolute atomic E-state index is 14.0. The van der Waals surface area contributed by atoms with Gasteiger partial charge in [-0.25, -0.2) is 9.18 Å². The fraction of sp³-hybridized carbons (Fsp3) is 0.500. The molecule has 1 unspecified atom stereocenters. The highest BCUT2D eigenvalue weighted by molar-refractivity contribution is 5.81. The van der Waals surface area contributed by atoms with E-state index in [4.69, 9.17) is 0 Å². The molecule has 3 nitrogen and oxygen atoms in total. The molecular formula is C14H18FNO2. The summed E-state index contributed by atoms with van der Waals surface area (Å²) in [7, 11) is 0. The normalized spacial score (nSPS) is 19.7. The quantitative estimate of drug-likeness (QED) is 0.894. The summed E-state index contributed by atoms with van der Waals surface area (Å²) in [4.78, 5) is 13.7. The van der Waals surface area contributed by atoms with E-state index in [9.17, 15) is 14.3 Å². The third-order valence-corrected chi connectivity index (χ3v) is 3.83. The van der Waals surface area contributed by atoms with Gasteiger partial charge in [0.2, 0.25) is 0 Å². The van der Waals surface area contributed by atoms with Gasteiger partial charge in [-0.15, -0.1) is 0 Å². The van der Waals surface area contributed by atoms with Crippen molar-refractivity contribution in [1.82, 2.24) is 4.90 Å². The van der Waals surface area contributed by atoms with Crippen molar-refractivity contribution in [3.63, 3.8) is 0 Å². The number of nitrogens with zero attached hydrogens (tertiary/aromatic N) is 1. The van der Waals surface area contributed by atoms with Crippen molar-refractivity contribution >= 4 is 5.97 Å². The number of carboxylic acid groups (broad SMARTS) is 1. The molecule has 0 radical (unpaired) electrons. The largest absolute Gasteiger partial charge is 0.480 e. The Morgan fingerprint density at radius 1 is 1.39 bits per heavy atom. The Morgan fingerprint density at radius 2 is 2.00 bits per heavy atom. The van der Waals surface area contributed by atoms with Crippen LogP contribution in [-0.2, 0) is 10.3 Å². The molecule has 1 aliphatic rings. The van der Waals surface area contributed by atoms with Crippen LogP contribution in [0.15, 0.2) is 24.3 Å². The molecule has 0 amide bonds. The summed E-state index contributed by atoms with van der Waals surface area (Å²) in [5.74, 6) is -1.40. The highest BCUT2D eigenvalue weighted by Gasteiger charge is 2.46. The number of halogens is 1. The van der Waals surface area contributed by atoms with Gasteiger partial charge in [0.25, 0.3) is 0 Å². The van der Waals surface area contributed by atoms with Gasteiger partial charge in [0.1, 0.15) is 11.4 Å². The zero-order valence-corrected chi connectivity index (χ0v) is 10.5. The standard InChI is InChI=1S/C14H18FNO2/c1-2-14(13(17)18,16-9-5-6-10-16)11-7-3-4-8-12(11)15/h3-4,7-8H,2,5-6,9-10H2,1H3,(H,17,18). The Balaban J connectivity index is 2.54. The van der Waals surface area contributed by atoms with Crippen molar-refractivity contribution in [1.29, 1.82) is 0 Å². The monoisotopic (exact) mass is 251 g/mol. The van der Waals surface area contributed by atoms with E-state index < -0.39 is 17.3 Å². The minimum Gasteiger partial charge on any atom is -0.480 e. The molecule has 1 aliphatic heterocycles. The maximum atomic E-state index is 14.0. The van der Waals surface area contributed by atoms with E-state index in [2.05, 4.69) is 0 Å². The van der Waals surface area contributed by atoms with Crippen LogP contribution in [0.25, 0.3) is 0 Å². The smallest absolute Gasteiger partial charge is 0.328 e. The number of hydrogen-bond donors (Lipinski definition) is 1. The Labute approximate surface area is 106 Å². The molecule has 0 aromatic heterocycles. The van der Waals surface area contributed by atoms with E-state index in [-0.39, 0.29) is 5.56 Å². The summed E-state index contributed by atoms with van der Waals surface area (Å²) >= 11 is 0. The highest BCUT2D eigenvalue weighted by Crippen LogP contribution is 2.36. The molecule has 1 N–H and O–H groups in total. The third kappa shape index (κ3) is 1.90. The zero-order valence-electron chi connectivity index (χ0n) is 10.5. The molecule has 0 bridgehead atoms. The topological polar surface area (TPSA) is 40.5 Å². The maximum Gasteiger partial charge on any atom is 0.328 e. The van der Waals surface area contributed by atoms with E-state index in [0.29, 0.717) is 19.5 Å². The van der Waals surface area contributed by atoms with Crippen LogP contribution in [0, 0.1) is 5.82 Å². The second-order valence-corrected chi connectivity index (χ2v) is 4.69. The molecule has 1 aromatic carbocycles. The first-order valence-electron chi connectivity index (χ1n) is 6.36. The van der Waals surface area contributed by atoms with Gasteiger partial charge in [-0.1, -0.05) is 25.1 Å². The Hall–Kier alpha value is -1.42. The predicted molar refractivity (Wildman–Crippen MR) is 66.8 cm³/mol. The summed E-state index contributed by atoms with van der Waals surface area (Å²) in [5.41, 5.74) is -0.941. The zero-order chi connectivity index (χ0) is 13.2. The molecule has 2 rings (SSSR count). The average Bonchev–Trinajstić information content (AvgIpc) is 2.87. The lowest BCUT2D eigenvalue weighted by molar-refractivity contribution is -0.152. The van der Waals surface area contributed by atoms with Gasteiger partial charge in [0.15, 0.2) is 0 Å². The molecule has 0 saturated carbocycles.